The van der Waals surface area contributed by atoms with Gasteiger partial charge < -0.3 is 24.7 Å². The molecule has 2 N–H and O–H groups in total. The van der Waals surface area contributed by atoms with Gasteiger partial charge in [0.2, 0.25) is 11.8 Å². The van der Waals surface area contributed by atoms with Gasteiger partial charge in [0.05, 0.1) is 41.3 Å². The molecule has 2 amide bonds. The van der Waals surface area contributed by atoms with Gasteiger partial charge in [-0.3, -0.25) is 4.79 Å². The van der Waals surface area contributed by atoms with Crippen LogP contribution in [0.2, 0.25) is 0 Å². The van der Waals surface area contributed by atoms with Gasteiger partial charge in [-0.1, -0.05) is 60.1 Å². The molecular formula is C32H31BrN6O4S. The van der Waals surface area contributed by atoms with Crippen molar-refractivity contribution in [2.24, 2.45) is 5.92 Å². The molecule has 2 aromatic carbocycles. The van der Waals surface area contributed by atoms with E-state index in [-0.39, 0.29) is 18.4 Å². The number of imidazole rings is 1. The number of ether oxygens (including phenoxy) is 2. The quantitative estimate of drug-likeness (QED) is 0.190. The third-order valence-corrected chi connectivity index (χ3v) is 8.97. The van der Waals surface area contributed by atoms with Crippen molar-refractivity contribution in [2.45, 2.75) is 38.5 Å². The molecule has 12 heteroatoms. The van der Waals surface area contributed by atoms with Crippen molar-refractivity contribution in [3.8, 4) is 27.7 Å². The number of benzene rings is 2. The number of likely N-dealkylation sites (tertiary alicyclic amines) is 1. The predicted octanol–water partition coefficient (Wildman–Crippen LogP) is 6.61. The van der Waals surface area contributed by atoms with E-state index in [9.17, 15) is 9.59 Å². The second-order valence-electron chi connectivity index (χ2n) is 10.9. The normalized spacial score (nSPS) is 17.2. The number of carbonyl (C=O) groups excluding carboxylic acids is 2. The maximum absolute atomic E-state index is 14.1. The summed E-state index contributed by atoms with van der Waals surface area (Å²) in [6.07, 6.45) is 1.22. The van der Waals surface area contributed by atoms with E-state index in [0.29, 0.717) is 23.8 Å². The standard InChI is InChI=1S/C32H31BrN6O4S/c1-18(2)27(38-32(41)42-3)31(40)39-17-21(15-25(39)29-34-16-24(36-29)19-10-12-20(33)13-11-19)43-30-28(26-9-6-14-44-26)35-22-7-4-5-8-23(22)37-30/h4-14,16,18,21,25,27H,15,17H2,1-3H3,(H,34,36)(H,38,41)/t21-,25-,27?/m0/s1. The van der Waals surface area contributed by atoms with Gasteiger partial charge in [-0.25, -0.2) is 19.7 Å². The molecule has 5 aromatic rings. The van der Waals surface area contributed by atoms with Crippen molar-refractivity contribution in [1.29, 1.82) is 0 Å². The molecule has 226 valence electrons. The third kappa shape index (κ3) is 6.18. The molecule has 0 bridgehead atoms. The van der Waals surface area contributed by atoms with E-state index < -0.39 is 24.3 Å². The van der Waals surface area contributed by atoms with Crippen molar-refractivity contribution < 1.29 is 19.1 Å². The van der Waals surface area contributed by atoms with Crippen LogP contribution in [0.4, 0.5) is 4.79 Å². The molecular weight excluding hydrogens is 644 g/mol. The lowest BCUT2D eigenvalue weighted by molar-refractivity contribution is -0.135. The summed E-state index contributed by atoms with van der Waals surface area (Å²) in [6, 6.07) is 18.3. The lowest BCUT2D eigenvalue weighted by Gasteiger charge is -2.29. The number of methoxy groups -OCH3 is 1. The number of amides is 2. The average Bonchev–Trinajstić information content (AvgIpc) is 3.81. The van der Waals surface area contributed by atoms with Crippen molar-refractivity contribution in [1.82, 2.24) is 30.2 Å². The van der Waals surface area contributed by atoms with Gasteiger partial charge in [0, 0.05) is 22.7 Å². The summed E-state index contributed by atoms with van der Waals surface area (Å²) in [6.45, 7) is 4.03. The number of H-pyrrole nitrogens is 1. The van der Waals surface area contributed by atoms with Gasteiger partial charge in [-0.15, -0.1) is 11.3 Å². The number of para-hydroxylation sites is 2. The first-order chi connectivity index (χ1) is 21.3. The van der Waals surface area contributed by atoms with E-state index in [1.54, 1.807) is 16.2 Å². The second-order valence-corrected chi connectivity index (χ2v) is 12.7. The largest absolute Gasteiger partial charge is 0.471 e. The highest BCUT2D eigenvalue weighted by Gasteiger charge is 2.43. The van der Waals surface area contributed by atoms with E-state index >= 15 is 0 Å². The maximum Gasteiger partial charge on any atom is 0.407 e. The van der Waals surface area contributed by atoms with Gasteiger partial charge in [0.25, 0.3) is 0 Å². The van der Waals surface area contributed by atoms with Crippen molar-refractivity contribution in [2.75, 3.05) is 13.7 Å². The number of rotatable bonds is 8. The Morgan fingerprint density at radius 2 is 1.80 bits per heavy atom. The molecule has 0 radical (unpaired) electrons. The molecule has 1 aliphatic heterocycles. The molecule has 44 heavy (non-hydrogen) atoms. The molecule has 0 aliphatic carbocycles. The van der Waals surface area contributed by atoms with Crippen LogP contribution in [-0.2, 0) is 9.53 Å². The zero-order valence-corrected chi connectivity index (χ0v) is 26.8. The number of hydrogen-bond donors (Lipinski definition) is 2. The van der Waals surface area contributed by atoms with E-state index in [1.807, 2.05) is 86.1 Å². The molecule has 4 heterocycles. The Bertz CT molecular complexity index is 1780. The summed E-state index contributed by atoms with van der Waals surface area (Å²) < 4.78 is 12.4. The van der Waals surface area contributed by atoms with E-state index in [0.717, 1.165) is 31.6 Å². The Balaban J connectivity index is 1.35. The van der Waals surface area contributed by atoms with Crippen LogP contribution >= 0.6 is 27.3 Å². The summed E-state index contributed by atoms with van der Waals surface area (Å²) in [5, 5.41) is 4.70. The third-order valence-electron chi connectivity index (χ3n) is 7.56. The highest BCUT2D eigenvalue weighted by Crippen LogP contribution is 2.38. The van der Waals surface area contributed by atoms with Gasteiger partial charge in [-0.05, 0) is 41.6 Å². The average molecular weight is 676 g/mol. The number of alkyl carbamates (subject to hydrolysis) is 1. The first-order valence-electron chi connectivity index (χ1n) is 14.2. The Labute approximate surface area is 267 Å². The fourth-order valence-electron chi connectivity index (χ4n) is 5.34. The highest BCUT2D eigenvalue weighted by molar-refractivity contribution is 9.10. The molecule has 3 atom stereocenters. The molecule has 3 aromatic heterocycles. The lowest BCUT2D eigenvalue weighted by atomic mass is 10.0. The number of nitrogens with one attached hydrogen (secondary N) is 2. The smallest absolute Gasteiger partial charge is 0.407 e. The van der Waals surface area contributed by atoms with Crippen LogP contribution < -0.4 is 10.1 Å². The zero-order chi connectivity index (χ0) is 30.8. The molecule has 0 spiro atoms. The number of halogens is 1. The number of carbonyl (C=O) groups is 2. The molecule has 1 unspecified atom stereocenters. The van der Waals surface area contributed by atoms with Crippen LogP contribution in [-0.4, -0.2) is 62.6 Å². The number of hydrogen-bond acceptors (Lipinski definition) is 8. The Hall–Kier alpha value is -4.29. The Morgan fingerprint density at radius 1 is 1.05 bits per heavy atom. The molecule has 1 aliphatic rings. The maximum atomic E-state index is 14.1. The summed E-state index contributed by atoms with van der Waals surface area (Å²) in [4.78, 5) is 46.9. The SMILES string of the molecule is COC(=O)NC(C(=O)N1C[C@@H](Oc2nc3ccccc3nc2-c2cccs2)C[C@H]1c1nc(-c2ccc(Br)cc2)c[nH]1)C(C)C. The van der Waals surface area contributed by atoms with E-state index in [1.165, 1.54) is 7.11 Å². The van der Waals surface area contributed by atoms with Crippen LogP contribution in [0.25, 0.3) is 32.9 Å². The topological polar surface area (TPSA) is 122 Å². The summed E-state index contributed by atoms with van der Waals surface area (Å²) >= 11 is 5.04. The fourth-order valence-corrected chi connectivity index (χ4v) is 6.31. The molecule has 0 saturated carbocycles. The van der Waals surface area contributed by atoms with Crippen LogP contribution in [0.15, 0.2) is 76.7 Å². The molecule has 10 nitrogen and oxygen atoms in total. The first kappa shape index (κ1) is 29.8. The Morgan fingerprint density at radius 3 is 2.48 bits per heavy atom. The van der Waals surface area contributed by atoms with Crippen LogP contribution in [0.3, 0.4) is 0 Å². The number of aromatic amines is 1. The van der Waals surface area contributed by atoms with Crippen molar-refractivity contribution in [3.63, 3.8) is 0 Å². The van der Waals surface area contributed by atoms with Crippen LogP contribution in [0, 0.1) is 5.92 Å². The first-order valence-corrected chi connectivity index (χ1v) is 15.9. The fraction of sp³-hybridized carbons (Fsp3) is 0.281. The van der Waals surface area contributed by atoms with Crippen molar-refractivity contribution in [3.05, 3.63) is 82.5 Å². The van der Waals surface area contributed by atoms with Crippen LogP contribution in [0.5, 0.6) is 5.88 Å². The van der Waals surface area contributed by atoms with Gasteiger partial charge >= 0.3 is 6.09 Å². The minimum atomic E-state index is -0.799. The summed E-state index contributed by atoms with van der Waals surface area (Å²) in [7, 11) is 1.28. The van der Waals surface area contributed by atoms with E-state index in [4.69, 9.17) is 24.4 Å². The monoisotopic (exact) mass is 674 g/mol. The number of aromatic nitrogens is 4. The number of thiophene rings is 1. The summed E-state index contributed by atoms with van der Waals surface area (Å²) in [5.41, 5.74) is 3.85. The van der Waals surface area contributed by atoms with Crippen LogP contribution in [0.1, 0.15) is 32.1 Å². The number of nitrogens with zero attached hydrogens (tertiary/aromatic N) is 4. The molecule has 6 rings (SSSR count). The predicted molar refractivity (Wildman–Crippen MR) is 172 cm³/mol. The molecule has 1 saturated heterocycles. The Kier molecular flexibility index (Phi) is 8.62. The van der Waals surface area contributed by atoms with E-state index in [2.05, 4.69) is 26.2 Å². The van der Waals surface area contributed by atoms with Gasteiger partial charge in [-0.2, -0.15) is 0 Å². The van der Waals surface area contributed by atoms with Gasteiger partial charge in [0.15, 0.2) is 0 Å². The van der Waals surface area contributed by atoms with Gasteiger partial charge in [0.1, 0.15) is 23.7 Å². The summed E-state index contributed by atoms with van der Waals surface area (Å²) in [5.74, 6) is 0.610. The highest BCUT2D eigenvalue weighted by atomic mass is 79.9. The zero-order valence-electron chi connectivity index (χ0n) is 24.4. The lowest BCUT2D eigenvalue weighted by Crippen LogP contribution is -2.51. The minimum absolute atomic E-state index is 0.186. The number of fused-ring (bicyclic) bond motifs is 1. The minimum Gasteiger partial charge on any atom is -0.471 e. The second kappa shape index (κ2) is 12.7. The van der Waals surface area contributed by atoms with Crippen molar-refractivity contribution >= 4 is 50.3 Å². The molecule has 1 fully saturated rings.